The summed E-state index contributed by atoms with van der Waals surface area (Å²) in [5.74, 6) is 0.934. The normalized spacial score (nSPS) is 17.3. The Morgan fingerprint density at radius 2 is 1.57 bits per heavy atom. The highest BCUT2D eigenvalue weighted by molar-refractivity contribution is 6.00. The molecule has 1 atom stereocenters. The molecule has 0 saturated carbocycles. The van der Waals surface area contributed by atoms with Gasteiger partial charge in [0.2, 0.25) is 0 Å². The number of nitrogens with one attached hydrogen (secondary N) is 1. The summed E-state index contributed by atoms with van der Waals surface area (Å²) in [5.41, 5.74) is 3.47. The first-order valence-electron chi connectivity index (χ1n) is 7.87. The monoisotopic (exact) mass is 298 g/mol. The van der Waals surface area contributed by atoms with Crippen LogP contribution in [0, 0.1) is 0 Å². The highest BCUT2D eigenvalue weighted by Gasteiger charge is 2.16. The predicted octanol–water partition coefficient (Wildman–Crippen LogP) is 4.83. The van der Waals surface area contributed by atoms with Gasteiger partial charge in [-0.2, -0.15) is 0 Å². The molecule has 2 nitrogen and oxygen atoms in total. The second kappa shape index (κ2) is 5.73. The lowest BCUT2D eigenvalue weighted by Gasteiger charge is -2.21. The highest BCUT2D eigenvalue weighted by atomic mass is 15.0. The largest absolute Gasteiger partial charge is 0.344 e. The summed E-state index contributed by atoms with van der Waals surface area (Å²) in [6.07, 6.45) is 2.18. The Balaban J connectivity index is 1.76. The number of benzene rings is 3. The van der Waals surface area contributed by atoms with E-state index in [0.29, 0.717) is 0 Å². The third-order valence-corrected chi connectivity index (χ3v) is 4.15. The van der Waals surface area contributed by atoms with E-state index in [1.54, 1.807) is 0 Å². The molecule has 3 aromatic rings. The van der Waals surface area contributed by atoms with Gasteiger partial charge in [0.05, 0.1) is 6.04 Å². The number of hydrogen-bond acceptors (Lipinski definition) is 2. The maximum Gasteiger partial charge on any atom is 0.133 e. The van der Waals surface area contributed by atoms with Crippen LogP contribution in [0.5, 0.6) is 0 Å². The first kappa shape index (κ1) is 13.8. The molecule has 2 heteroatoms. The zero-order valence-corrected chi connectivity index (χ0v) is 13.0. The second-order valence-corrected chi connectivity index (χ2v) is 5.87. The van der Waals surface area contributed by atoms with Gasteiger partial charge in [-0.15, -0.1) is 0 Å². The lowest BCUT2D eigenvalue weighted by Crippen LogP contribution is -2.27. The Morgan fingerprint density at radius 3 is 2.39 bits per heavy atom. The summed E-state index contributed by atoms with van der Waals surface area (Å²) in [4.78, 5) is 4.91. The molecule has 0 amide bonds. The average molecular weight is 298 g/mol. The molecule has 0 spiro atoms. The lowest BCUT2D eigenvalue weighted by molar-refractivity contribution is 0.846. The van der Waals surface area contributed by atoms with Crippen molar-refractivity contribution in [2.75, 3.05) is 0 Å². The molecule has 1 heterocycles. The first-order valence-corrected chi connectivity index (χ1v) is 7.87. The van der Waals surface area contributed by atoms with E-state index >= 15 is 0 Å². The molecular weight excluding hydrogens is 280 g/mol. The molecule has 3 aromatic carbocycles. The fourth-order valence-electron chi connectivity index (χ4n) is 2.98. The van der Waals surface area contributed by atoms with Crippen LogP contribution >= 0.6 is 0 Å². The molecule has 0 aromatic heterocycles. The topological polar surface area (TPSA) is 24.4 Å². The number of hydrogen-bond donors (Lipinski definition) is 1. The Morgan fingerprint density at radius 1 is 0.826 bits per heavy atom. The zero-order chi connectivity index (χ0) is 15.6. The second-order valence-electron chi connectivity index (χ2n) is 5.87. The van der Waals surface area contributed by atoms with E-state index in [9.17, 15) is 0 Å². The smallest absolute Gasteiger partial charge is 0.133 e. The van der Waals surface area contributed by atoms with E-state index in [1.807, 2.05) is 18.2 Å². The predicted molar refractivity (Wildman–Crippen MR) is 96.6 cm³/mol. The van der Waals surface area contributed by atoms with Crippen LogP contribution in [-0.2, 0) is 0 Å². The molecule has 23 heavy (non-hydrogen) atoms. The van der Waals surface area contributed by atoms with Crippen LogP contribution in [0.4, 0.5) is 0 Å². The zero-order valence-electron chi connectivity index (χ0n) is 13.0. The summed E-state index contributed by atoms with van der Waals surface area (Å²) in [6.45, 7) is 2.09. The minimum atomic E-state index is 0.0519. The van der Waals surface area contributed by atoms with Gasteiger partial charge in [0.1, 0.15) is 5.84 Å². The Hall–Kier alpha value is -2.87. The quantitative estimate of drug-likeness (QED) is 0.719. The van der Waals surface area contributed by atoms with Gasteiger partial charge in [-0.3, -0.25) is 4.99 Å². The summed E-state index contributed by atoms with van der Waals surface area (Å²) < 4.78 is 0. The standard InChI is InChI=1S/C21H18N2/c1-15-13-20(23-21(22-15)17-8-3-2-4-9-17)19-12-11-16-7-5-6-10-18(16)14-19/h2-14,20H,1H3,(H,22,23). The van der Waals surface area contributed by atoms with Crippen molar-refractivity contribution in [3.05, 3.63) is 95.7 Å². The summed E-state index contributed by atoms with van der Waals surface area (Å²) in [5, 5.41) is 5.90. The first-order chi connectivity index (χ1) is 11.3. The third kappa shape index (κ3) is 2.76. The van der Waals surface area contributed by atoms with Crippen molar-refractivity contribution in [3.8, 4) is 0 Å². The van der Waals surface area contributed by atoms with Crippen LogP contribution in [0.1, 0.15) is 24.1 Å². The maximum absolute atomic E-state index is 4.91. The Labute approximate surface area is 136 Å². The summed E-state index contributed by atoms with van der Waals surface area (Å²) in [7, 11) is 0. The van der Waals surface area contributed by atoms with Gasteiger partial charge in [-0.1, -0.05) is 66.7 Å². The van der Waals surface area contributed by atoms with Gasteiger partial charge in [-0.05, 0) is 35.4 Å². The minimum absolute atomic E-state index is 0.0519. The highest BCUT2D eigenvalue weighted by Crippen LogP contribution is 2.27. The molecule has 0 radical (unpaired) electrons. The van der Waals surface area contributed by atoms with Crippen LogP contribution in [0.25, 0.3) is 10.8 Å². The van der Waals surface area contributed by atoms with E-state index in [1.165, 1.54) is 16.3 Å². The van der Waals surface area contributed by atoms with E-state index in [2.05, 4.69) is 72.9 Å². The number of rotatable bonds is 2. The number of allylic oxidation sites excluding steroid dienone is 1. The molecule has 0 saturated heterocycles. The average Bonchev–Trinajstić information content (AvgIpc) is 2.61. The molecule has 1 aliphatic rings. The third-order valence-electron chi connectivity index (χ3n) is 4.15. The fraction of sp³-hybridized carbons (Fsp3) is 0.0952. The Kier molecular flexibility index (Phi) is 3.43. The van der Waals surface area contributed by atoms with Crippen molar-refractivity contribution in [2.45, 2.75) is 13.0 Å². The van der Waals surface area contributed by atoms with Crippen molar-refractivity contribution >= 4 is 16.6 Å². The van der Waals surface area contributed by atoms with E-state index in [-0.39, 0.29) is 6.04 Å². The summed E-state index contributed by atoms with van der Waals surface area (Å²) in [6, 6.07) is 25.4. The molecule has 1 unspecified atom stereocenters. The van der Waals surface area contributed by atoms with Crippen LogP contribution in [0.2, 0.25) is 0 Å². The van der Waals surface area contributed by atoms with Crippen molar-refractivity contribution in [2.24, 2.45) is 4.99 Å². The maximum atomic E-state index is 4.91. The number of fused-ring (bicyclic) bond motifs is 1. The Bertz CT molecular complexity index is 907. The molecular formula is C21H18N2. The molecule has 0 aliphatic carbocycles. The number of nitrogens with zero attached hydrogens (tertiary/aromatic N) is 1. The van der Waals surface area contributed by atoms with E-state index in [4.69, 9.17) is 4.99 Å². The molecule has 1 N–H and O–H groups in total. The van der Waals surface area contributed by atoms with Gasteiger partial charge in [0.15, 0.2) is 0 Å². The molecule has 1 aliphatic heterocycles. The van der Waals surface area contributed by atoms with Crippen molar-refractivity contribution in [1.29, 1.82) is 0 Å². The van der Waals surface area contributed by atoms with Gasteiger partial charge < -0.3 is 5.32 Å². The molecule has 0 fully saturated rings. The van der Waals surface area contributed by atoms with Gasteiger partial charge in [0, 0.05) is 11.3 Å². The van der Waals surface area contributed by atoms with Crippen LogP contribution in [0.3, 0.4) is 0 Å². The van der Waals surface area contributed by atoms with Gasteiger partial charge in [0.25, 0.3) is 0 Å². The molecule has 0 bridgehead atoms. The van der Waals surface area contributed by atoms with Crippen molar-refractivity contribution in [3.63, 3.8) is 0 Å². The van der Waals surface area contributed by atoms with Crippen LogP contribution < -0.4 is 5.32 Å². The number of amidine groups is 1. The van der Waals surface area contributed by atoms with Gasteiger partial charge in [-0.25, -0.2) is 0 Å². The SMILES string of the molecule is CC1=CC(c2ccc3ccccc3c2)N=C(c2ccccc2)N1. The molecule has 112 valence electrons. The van der Waals surface area contributed by atoms with E-state index in [0.717, 1.165) is 17.1 Å². The van der Waals surface area contributed by atoms with Gasteiger partial charge >= 0.3 is 0 Å². The van der Waals surface area contributed by atoms with Crippen LogP contribution in [0.15, 0.2) is 89.6 Å². The lowest BCUT2D eigenvalue weighted by atomic mass is 10.00. The van der Waals surface area contributed by atoms with Crippen molar-refractivity contribution < 1.29 is 0 Å². The number of aliphatic imine (C=N–C) groups is 1. The minimum Gasteiger partial charge on any atom is -0.344 e. The molecule has 4 rings (SSSR count). The van der Waals surface area contributed by atoms with Crippen molar-refractivity contribution in [1.82, 2.24) is 5.32 Å². The fourth-order valence-corrected chi connectivity index (χ4v) is 2.98. The van der Waals surface area contributed by atoms with E-state index < -0.39 is 0 Å². The van der Waals surface area contributed by atoms with Crippen LogP contribution in [-0.4, -0.2) is 5.84 Å². The summed E-state index contributed by atoms with van der Waals surface area (Å²) >= 11 is 0.